The lowest BCUT2D eigenvalue weighted by Gasteiger charge is -2.14. The topological polar surface area (TPSA) is 66.0 Å². The van der Waals surface area contributed by atoms with Crippen LogP contribution < -0.4 is 15.4 Å². The summed E-state index contributed by atoms with van der Waals surface area (Å²) in [4.78, 5) is 17.6. The van der Waals surface area contributed by atoms with Crippen molar-refractivity contribution < 1.29 is 9.53 Å². The third kappa shape index (κ3) is 8.12. The van der Waals surface area contributed by atoms with Crippen molar-refractivity contribution in [2.45, 2.75) is 26.2 Å². The summed E-state index contributed by atoms with van der Waals surface area (Å²) in [6.45, 7) is 3.74. The van der Waals surface area contributed by atoms with E-state index in [4.69, 9.17) is 16.3 Å². The van der Waals surface area contributed by atoms with Crippen LogP contribution in [0.3, 0.4) is 0 Å². The molecule has 140 valence electrons. The molecule has 6 nitrogen and oxygen atoms in total. The van der Waals surface area contributed by atoms with Crippen LogP contribution in [-0.4, -0.2) is 57.6 Å². The number of nitrogens with zero attached hydrogens (tertiary/aromatic N) is 2. The summed E-state index contributed by atoms with van der Waals surface area (Å²) in [6, 6.07) is 5.66. The van der Waals surface area contributed by atoms with Gasteiger partial charge in [-0.05, 0) is 30.5 Å². The minimum absolute atomic E-state index is 0.0326. The second-order valence-electron chi connectivity index (χ2n) is 5.87. The van der Waals surface area contributed by atoms with E-state index < -0.39 is 0 Å². The Bertz CT molecular complexity index is 576. The maximum absolute atomic E-state index is 11.7. The molecule has 1 aromatic carbocycles. The molecular formula is C18H29ClN4O2. The highest BCUT2D eigenvalue weighted by Gasteiger charge is 2.06. The quantitative estimate of drug-likeness (QED) is 0.399. The van der Waals surface area contributed by atoms with E-state index in [-0.39, 0.29) is 12.5 Å². The summed E-state index contributed by atoms with van der Waals surface area (Å²) >= 11 is 6.26. The predicted molar refractivity (Wildman–Crippen MR) is 104 cm³/mol. The van der Waals surface area contributed by atoms with Crippen LogP contribution in [0.4, 0.5) is 0 Å². The van der Waals surface area contributed by atoms with Crippen LogP contribution in [-0.2, 0) is 11.2 Å². The van der Waals surface area contributed by atoms with Gasteiger partial charge >= 0.3 is 0 Å². The van der Waals surface area contributed by atoms with Crippen molar-refractivity contribution in [1.29, 1.82) is 0 Å². The molecule has 0 bridgehead atoms. The number of nitrogens with one attached hydrogen (secondary N) is 2. The fourth-order valence-electron chi connectivity index (χ4n) is 2.02. The van der Waals surface area contributed by atoms with Gasteiger partial charge in [-0.15, -0.1) is 0 Å². The monoisotopic (exact) mass is 368 g/mol. The molecule has 0 aliphatic carbocycles. The summed E-state index contributed by atoms with van der Waals surface area (Å²) in [5.41, 5.74) is 1.03. The minimum atomic E-state index is -0.0326. The number of halogens is 1. The average Bonchev–Trinajstić information content (AvgIpc) is 2.60. The molecule has 0 radical (unpaired) electrons. The van der Waals surface area contributed by atoms with Crippen molar-refractivity contribution in [2.24, 2.45) is 4.99 Å². The van der Waals surface area contributed by atoms with Crippen LogP contribution in [0.1, 0.15) is 25.3 Å². The molecule has 0 spiro atoms. The number of unbranched alkanes of at least 4 members (excludes halogenated alkanes) is 1. The normalized spacial score (nSPS) is 11.2. The molecule has 0 fully saturated rings. The number of benzene rings is 1. The van der Waals surface area contributed by atoms with E-state index in [1.54, 1.807) is 27.3 Å². The van der Waals surface area contributed by atoms with Gasteiger partial charge in [0.1, 0.15) is 12.3 Å². The van der Waals surface area contributed by atoms with Crippen LogP contribution >= 0.6 is 11.6 Å². The van der Waals surface area contributed by atoms with E-state index in [1.807, 2.05) is 12.1 Å². The Morgan fingerprint density at radius 2 is 2.00 bits per heavy atom. The zero-order valence-electron chi connectivity index (χ0n) is 15.6. The highest BCUT2D eigenvalue weighted by Crippen LogP contribution is 2.22. The second kappa shape index (κ2) is 11.6. The molecule has 7 heteroatoms. The standard InChI is InChI=1S/C18H29ClN4O2/c1-5-6-10-20-18(22-13-17(24)23(2)3)21-11-9-14-7-8-15(25-4)12-16(14)19/h7-8,12H,5-6,9-11,13H2,1-4H3,(H2,20,21,22). The van der Waals surface area contributed by atoms with Crippen LogP contribution in [0.15, 0.2) is 23.2 Å². The Kier molecular flexibility index (Phi) is 9.77. The van der Waals surface area contributed by atoms with Gasteiger partial charge in [0, 0.05) is 32.2 Å². The number of aliphatic imine (C=N–C) groups is 1. The first kappa shape index (κ1) is 21.1. The number of likely N-dealkylation sites (N-methyl/N-ethyl adjacent to an activating group) is 1. The number of rotatable bonds is 9. The van der Waals surface area contributed by atoms with E-state index in [0.29, 0.717) is 17.5 Å². The van der Waals surface area contributed by atoms with Crippen molar-refractivity contribution in [3.05, 3.63) is 28.8 Å². The zero-order valence-corrected chi connectivity index (χ0v) is 16.3. The van der Waals surface area contributed by atoms with E-state index >= 15 is 0 Å². The van der Waals surface area contributed by atoms with Crippen molar-refractivity contribution >= 4 is 23.5 Å². The lowest BCUT2D eigenvalue weighted by atomic mass is 10.1. The van der Waals surface area contributed by atoms with Crippen LogP contribution in [0.5, 0.6) is 5.75 Å². The Morgan fingerprint density at radius 3 is 2.60 bits per heavy atom. The maximum Gasteiger partial charge on any atom is 0.243 e. The summed E-state index contributed by atoms with van der Waals surface area (Å²) < 4.78 is 5.16. The number of hydrogen-bond donors (Lipinski definition) is 2. The van der Waals surface area contributed by atoms with Gasteiger partial charge < -0.3 is 20.3 Å². The first-order valence-electron chi connectivity index (χ1n) is 8.52. The van der Waals surface area contributed by atoms with Crippen molar-refractivity contribution in [3.8, 4) is 5.75 Å². The van der Waals surface area contributed by atoms with Gasteiger partial charge in [-0.25, -0.2) is 4.99 Å². The number of guanidine groups is 1. The molecule has 1 aromatic rings. The van der Waals surface area contributed by atoms with Gasteiger partial charge in [0.25, 0.3) is 0 Å². The summed E-state index contributed by atoms with van der Waals surface area (Å²) in [6.07, 6.45) is 2.89. The first-order valence-corrected chi connectivity index (χ1v) is 8.90. The minimum Gasteiger partial charge on any atom is -0.497 e. The molecule has 0 heterocycles. The van der Waals surface area contributed by atoms with Gasteiger partial charge in [-0.3, -0.25) is 4.79 Å². The summed E-state index contributed by atoms with van der Waals surface area (Å²) in [5, 5.41) is 7.19. The van der Waals surface area contributed by atoms with Gasteiger partial charge in [-0.2, -0.15) is 0 Å². The lowest BCUT2D eigenvalue weighted by Crippen LogP contribution is -2.40. The van der Waals surface area contributed by atoms with Crippen LogP contribution in [0, 0.1) is 0 Å². The van der Waals surface area contributed by atoms with E-state index in [9.17, 15) is 4.79 Å². The first-order chi connectivity index (χ1) is 12.0. The van der Waals surface area contributed by atoms with Crippen LogP contribution in [0.25, 0.3) is 0 Å². The molecule has 0 aromatic heterocycles. The maximum atomic E-state index is 11.7. The molecule has 0 aliphatic rings. The number of amides is 1. The molecule has 2 N–H and O–H groups in total. The number of carbonyl (C=O) groups is 1. The largest absolute Gasteiger partial charge is 0.497 e. The molecule has 0 saturated heterocycles. The molecule has 0 atom stereocenters. The zero-order chi connectivity index (χ0) is 18.7. The fourth-order valence-corrected chi connectivity index (χ4v) is 2.28. The summed E-state index contributed by atoms with van der Waals surface area (Å²) in [7, 11) is 5.06. The SMILES string of the molecule is CCCCNC(=NCC(=O)N(C)C)NCCc1ccc(OC)cc1Cl. The summed E-state index contributed by atoms with van der Waals surface area (Å²) in [5.74, 6) is 1.36. The molecule has 1 rings (SSSR count). The Hall–Kier alpha value is -1.95. The Balaban J connectivity index is 2.58. The van der Waals surface area contributed by atoms with Crippen molar-refractivity contribution in [1.82, 2.24) is 15.5 Å². The number of carbonyl (C=O) groups excluding carboxylic acids is 1. The molecule has 1 amide bonds. The lowest BCUT2D eigenvalue weighted by molar-refractivity contribution is -0.127. The van der Waals surface area contributed by atoms with Crippen molar-refractivity contribution in [2.75, 3.05) is 40.8 Å². The van der Waals surface area contributed by atoms with Gasteiger partial charge in [0.2, 0.25) is 5.91 Å². The van der Waals surface area contributed by atoms with Gasteiger partial charge in [0.15, 0.2) is 5.96 Å². The third-order valence-electron chi connectivity index (χ3n) is 3.64. The molecule has 0 unspecified atom stereocenters. The fraction of sp³-hybridized carbons (Fsp3) is 0.556. The number of ether oxygens (including phenoxy) is 1. The van der Waals surface area contributed by atoms with Crippen molar-refractivity contribution in [3.63, 3.8) is 0 Å². The van der Waals surface area contributed by atoms with Crippen LogP contribution in [0.2, 0.25) is 5.02 Å². The third-order valence-corrected chi connectivity index (χ3v) is 3.99. The van der Waals surface area contributed by atoms with Gasteiger partial charge in [0.05, 0.1) is 7.11 Å². The predicted octanol–water partition coefficient (Wildman–Crippen LogP) is 2.31. The highest BCUT2D eigenvalue weighted by molar-refractivity contribution is 6.31. The number of methoxy groups -OCH3 is 1. The number of hydrogen-bond acceptors (Lipinski definition) is 3. The molecule has 0 aliphatic heterocycles. The highest BCUT2D eigenvalue weighted by atomic mass is 35.5. The molecule has 25 heavy (non-hydrogen) atoms. The van der Waals surface area contributed by atoms with E-state index in [1.165, 1.54) is 4.90 Å². The molecule has 0 saturated carbocycles. The Labute approximate surface area is 155 Å². The average molecular weight is 369 g/mol. The Morgan fingerprint density at radius 1 is 1.28 bits per heavy atom. The van der Waals surface area contributed by atoms with E-state index in [2.05, 4.69) is 22.5 Å². The second-order valence-corrected chi connectivity index (χ2v) is 6.27. The van der Waals surface area contributed by atoms with E-state index in [0.717, 1.165) is 37.1 Å². The molecular weight excluding hydrogens is 340 g/mol. The smallest absolute Gasteiger partial charge is 0.243 e. The van der Waals surface area contributed by atoms with Gasteiger partial charge in [-0.1, -0.05) is 31.0 Å².